The Morgan fingerprint density at radius 3 is 2.12 bits per heavy atom. The molecule has 0 aliphatic rings. The van der Waals surface area contributed by atoms with Crippen molar-refractivity contribution in [3.63, 3.8) is 0 Å². The van der Waals surface area contributed by atoms with Gasteiger partial charge in [-0.1, -0.05) is 45.3 Å². The first-order valence-electron chi connectivity index (χ1n) is 5.35. The Morgan fingerprint density at radius 2 is 1.62 bits per heavy atom. The first-order valence-corrected chi connectivity index (χ1v) is 7.08. The van der Waals surface area contributed by atoms with Gasteiger partial charge in [0.05, 0.1) is 4.83 Å². The molecule has 84 valence electrons. The molecule has 0 bridgehead atoms. The van der Waals surface area contributed by atoms with Crippen molar-refractivity contribution in [2.45, 2.75) is 25.6 Å². The van der Waals surface area contributed by atoms with Gasteiger partial charge in [0, 0.05) is 9.75 Å². The molecule has 0 saturated heterocycles. The summed E-state index contributed by atoms with van der Waals surface area (Å²) in [6.07, 6.45) is 0. The van der Waals surface area contributed by atoms with Crippen molar-refractivity contribution in [2.75, 3.05) is 0 Å². The van der Waals surface area contributed by atoms with Crippen molar-refractivity contribution in [1.82, 2.24) is 0 Å². The molecule has 0 N–H and O–H groups in total. The van der Waals surface area contributed by atoms with Gasteiger partial charge in [-0.2, -0.15) is 0 Å². The lowest BCUT2D eigenvalue weighted by Gasteiger charge is -2.10. The molecule has 1 atom stereocenters. The van der Waals surface area contributed by atoms with E-state index >= 15 is 0 Å². The second-order valence-corrected chi connectivity index (χ2v) is 6.47. The minimum atomic E-state index is 0.324. The lowest BCUT2D eigenvalue weighted by atomic mass is 10.0. The van der Waals surface area contributed by atoms with Crippen LogP contribution in [0, 0.1) is 20.8 Å². The molecule has 1 aromatic heterocycles. The largest absolute Gasteiger partial charge is 0.144 e. The molecule has 0 saturated carbocycles. The molecule has 0 aliphatic carbocycles. The van der Waals surface area contributed by atoms with Gasteiger partial charge in [0.25, 0.3) is 0 Å². The van der Waals surface area contributed by atoms with E-state index in [1.54, 1.807) is 0 Å². The number of benzene rings is 1. The SMILES string of the molecule is Cc1cc(C)cc(C(Br)c2ccc(C)s2)c1. The van der Waals surface area contributed by atoms with E-state index in [1.807, 2.05) is 11.3 Å². The van der Waals surface area contributed by atoms with Crippen molar-refractivity contribution in [1.29, 1.82) is 0 Å². The molecule has 0 aliphatic heterocycles. The monoisotopic (exact) mass is 294 g/mol. The zero-order chi connectivity index (χ0) is 11.7. The van der Waals surface area contributed by atoms with Gasteiger partial charge in [-0.25, -0.2) is 0 Å². The Bertz CT molecular complexity index is 479. The third-order valence-corrected chi connectivity index (χ3v) is 4.94. The number of halogens is 1. The molecular formula is C14H15BrS. The molecule has 1 heterocycles. The molecular weight excluding hydrogens is 280 g/mol. The normalized spacial score (nSPS) is 12.8. The summed E-state index contributed by atoms with van der Waals surface area (Å²) in [5.74, 6) is 0. The standard InChI is InChI=1S/C14H15BrS/c1-9-6-10(2)8-12(7-9)14(15)13-5-4-11(3)16-13/h4-8,14H,1-3H3. The summed E-state index contributed by atoms with van der Waals surface area (Å²) in [4.78, 5) is 3.07. The molecule has 16 heavy (non-hydrogen) atoms. The van der Waals surface area contributed by atoms with Crippen LogP contribution in [0.1, 0.15) is 31.3 Å². The van der Waals surface area contributed by atoms with E-state index in [0.29, 0.717) is 4.83 Å². The highest BCUT2D eigenvalue weighted by molar-refractivity contribution is 9.09. The summed E-state index contributed by atoms with van der Waals surface area (Å²) in [5.41, 5.74) is 4.00. The van der Waals surface area contributed by atoms with E-state index in [4.69, 9.17) is 0 Å². The molecule has 1 aromatic carbocycles. The summed E-state index contributed by atoms with van der Waals surface area (Å²) in [6, 6.07) is 11.1. The Labute approximate surface area is 109 Å². The van der Waals surface area contributed by atoms with Crippen molar-refractivity contribution in [3.05, 3.63) is 56.8 Å². The van der Waals surface area contributed by atoms with Crippen molar-refractivity contribution >= 4 is 27.3 Å². The lowest BCUT2D eigenvalue weighted by Crippen LogP contribution is -1.91. The average molecular weight is 295 g/mol. The zero-order valence-corrected chi connectivity index (χ0v) is 12.2. The molecule has 0 fully saturated rings. The van der Waals surface area contributed by atoms with E-state index in [9.17, 15) is 0 Å². The van der Waals surface area contributed by atoms with E-state index in [-0.39, 0.29) is 0 Å². The smallest absolute Gasteiger partial charge is 0.0738 e. The van der Waals surface area contributed by atoms with Gasteiger partial charge in [-0.15, -0.1) is 11.3 Å². The van der Waals surface area contributed by atoms with E-state index in [1.165, 1.54) is 26.4 Å². The number of hydrogen-bond acceptors (Lipinski definition) is 1. The van der Waals surface area contributed by atoms with Crippen molar-refractivity contribution in [2.24, 2.45) is 0 Å². The molecule has 0 radical (unpaired) electrons. The van der Waals surface area contributed by atoms with Crippen molar-refractivity contribution < 1.29 is 0 Å². The minimum absolute atomic E-state index is 0.324. The number of rotatable bonds is 2. The van der Waals surface area contributed by atoms with E-state index in [2.05, 4.69) is 67.0 Å². The summed E-state index contributed by atoms with van der Waals surface area (Å²) in [7, 11) is 0. The van der Waals surface area contributed by atoms with E-state index in [0.717, 1.165) is 0 Å². The maximum absolute atomic E-state index is 3.79. The Hall–Kier alpha value is -0.600. The fourth-order valence-electron chi connectivity index (χ4n) is 1.91. The maximum atomic E-state index is 3.79. The van der Waals surface area contributed by atoms with Crippen LogP contribution in [-0.4, -0.2) is 0 Å². The van der Waals surface area contributed by atoms with Crippen LogP contribution in [-0.2, 0) is 0 Å². The summed E-state index contributed by atoms with van der Waals surface area (Å²) in [6.45, 7) is 6.45. The second kappa shape index (κ2) is 4.72. The number of hydrogen-bond donors (Lipinski definition) is 0. The summed E-state index contributed by atoms with van der Waals surface area (Å²) < 4.78 is 0. The van der Waals surface area contributed by atoms with Crippen LogP contribution < -0.4 is 0 Å². The number of aryl methyl sites for hydroxylation is 3. The number of thiophene rings is 1. The molecule has 2 heteroatoms. The lowest BCUT2D eigenvalue weighted by molar-refractivity contribution is 1.19. The number of alkyl halides is 1. The fourth-order valence-corrected chi connectivity index (χ4v) is 3.49. The van der Waals surface area contributed by atoms with Gasteiger partial charge < -0.3 is 0 Å². The first-order chi connectivity index (χ1) is 7.56. The highest BCUT2D eigenvalue weighted by atomic mass is 79.9. The Balaban J connectivity index is 2.37. The quantitative estimate of drug-likeness (QED) is 0.671. The topological polar surface area (TPSA) is 0 Å². The highest BCUT2D eigenvalue weighted by Crippen LogP contribution is 2.35. The third-order valence-electron chi connectivity index (χ3n) is 2.55. The average Bonchev–Trinajstić information content (AvgIpc) is 2.62. The van der Waals surface area contributed by atoms with Gasteiger partial charge in [0.15, 0.2) is 0 Å². The summed E-state index contributed by atoms with van der Waals surface area (Å²) >= 11 is 5.64. The van der Waals surface area contributed by atoms with Gasteiger partial charge >= 0.3 is 0 Å². The summed E-state index contributed by atoms with van der Waals surface area (Å²) in [5, 5.41) is 0. The van der Waals surface area contributed by atoms with Gasteiger partial charge in [0.1, 0.15) is 0 Å². The molecule has 0 amide bonds. The molecule has 2 rings (SSSR count). The van der Waals surface area contributed by atoms with E-state index < -0.39 is 0 Å². The van der Waals surface area contributed by atoms with Crippen LogP contribution in [0.3, 0.4) is 0 Å². The molecule has 2 aromatic rings. The Morgan fingerprint density at radius 1 is 1.00 bits per heavy atom. The highest BCUT2D eigenvalue weighted by Gasteiger charge is 2.12. The molecule has 0 spiro atoms. The molecule has 1 unspecified atom stereocenters. The van der Waals surface area contributed by atoms with Gasteiger partial charge in [-0.05, 0) is 38.5 Å². The third kappa shape index (κ3) is 2.55. The predicted octanol–water partition coefficient (Wildman–Crippen LogP) is 5.16. The zero-order valence-electron chi connectivity index (χ0n) is 9.75. The second-order valence-electron chi connectivity index (χ2n) is 4.23. The first kappa shape index (κ1) is 11.9. The van der Waals surface area contributed by atoms with Crippen LogP contribution >= 0.6 is 27.3 Å². The van der Waals surface area contributed by atoms with Crippen LogP contribution in [0.25, 0.3) is 0 Å². The maximum Gasteiger partial charge on any atom is 0.0738 e. The fraction of sp³-hybridized carbons (Fsp3) is 0.286. The van der Waals surface area contributed by atoms with Gasteiger partial charge in [0.2, 0.25) is 0 Å². The van der Waals surface area contributed by atoms with Crippen LogP contribution in [0.15, 0.2) is 30.3 Å². The van der Waals surface area contributed by atoms with Gasteiger partial charge in [-0.3, -0.25) is 0 Å². The minimum Gasteiger partial charge on any atom is -0.144 e. The Kier molecular flexibility index (Phi) is 3.50. The van der Waals surface area contributed by atoms with Crippen LogP contribution in [0.2, 0.25) is 0 Å². The van der Waals surface area contributed by atoms with Crippen LogP contribution in [0.5, 0.6) is 0 Å². The van der Waals surface area contributed by atoms with Crippen molar-refractivity contribution in [3.8, 4) is 0 Å². The van der Waals surface area contributed by atoms with Crippen LogP contribution in [0.4, 0.5) is 0 Å². The predicted molar refractivity (Wildman–Crippen MR) is 75.7 cm³/mol. The molecule has 0 nitrogen and oxygen atoms in total.